The monoisotopic (exact) mass is 278 g/mol. The Hall–Kier alpha value is -2.81. The van der Waals surface area contributed by atoms with E-state index in [2.05, 4.69) is 0 Å². The van der Waals surface area contributed by atoms with Gasteiger partial charge in [0.05, 0.1) is 0 Å². The van der Waals surface area contributed by atoms with E-state index in [0.29, 0.717) is 11.5 Å². The number of carboxylic acid groups (broad SMARTS) is 1. The average Bonchev–Trinajstić information content (AvgIpc) is 2.49. The lowest BCUT2D eigenvalue weighted by molar-refractivity contribution is 0.0694. The molecular weight excluding hydrogens is 264 g/mol. The molecule has 3 aromatic rings. The van der Waals surface area contributed by atoms with E-state index in [-0.39, 0.29) is 5.56 Å². The highest BCUT2D eigenvalue weighted by Gasteiger charge is 2.14. The average molecular weight is 278 g/mol. The molecule has 0 radical (unpaired) electrons. The Bertz CT molecular complexity index is 822. The minimum atomic E-state index is -0.991. The number of ether oxygens (including phenoxy) is 1. The third-order valence-corrected chi connectivity index (χ3v) is 3.38. The molecule has 3 aromatic carbocycles. The number of carbonyl (C=O) groups is 1. The van der Waals surface area contributed by atoms with Gasteiger partial charge in [0.1, 0.15) is 17.1 Å². The number of aromatic carboxylic acids is 1. The summed E-state index contributed by atoms with van der Waals surface area (Å²) in [4.78, 5) is 11.3. The quantitative estimate of drug-likeness (QED) is 0.759. The maximum atomic E-state index is 11.3. The van der Waals surface area contributed by atoms with E-state index in [4.69, 9.17) is 4.74 Å². The first-order valence-corrected chi connectivity index (χ1v) is 6.65. The molecule has 0 aromatic heterocycles. The van der Waals surface area contributed by atoms with Crippen molar-refractivity contribution in [1.29, 1.82) is 0 Å². The molecular formula is C18H14O3. The van der Waals surface area contributed by atoms with Gasteiger partial charge in [-0.05, 0) is 41.5 Å². The summed E-state index contributed by atoms with van der Waals surface area (Å²) in [5.74, 6) is 0.0280. The van der Waals surface area contributed by atoms with E-state index >= 15 is 0 Å². The van der Waals surface area contributed by atoms with E-state index in [9.17, 15) is 9.90 Å². The van der Waals surface area contributed by atoms with Gasteiger partial charge < -0.3 is 9.84 Å². The second kappa shape index (κ2) is 5.29. The third-order valence-electron chi connectivity index (χ3n) is 3.38. The van der Waals surface area contributed by atoms with Gasteiger partial charge >= 0.3 is 5.97 Å². The number of benzene rings is 3. The van der Waals surface area contributed by atoms with Gasteiger partial charge in [-0.3, -0.25) is 0 Å². The van der Waals surface area contributed by atoms with Gasteiger partial charge in [-0.15, -0.1) is 0 Å². The van der Waals surface area contributed by atoms with Crippen LogP contribution in [0.2, 0.25) is 0 Å². The van der Waals surface area contributed by atoms with Gasteiger partial charge in [-0.2, -0.15) is 0 Å². The fraction of sp³-hybridized carbons (Fsp3) is 0.0556. The summed E-state index contributed by atoms with van der Waals surface area (Å²) in [5, 5.41) is 11.4. The number of para-hydroxylation sites is 1. The lowest BCUT2D eigenvalue weighted by Crippen LogP contribution is -2.01. The summed E-state index contributed by atoms with van der Waals surface area (Å²) in [6.07, 6.45) is 0. The number of aryl methyl sites for hydroxylation is 1. The molecule has 0 spiro atoms. The minimum Gasteiger partial charge on any atom is -0.478 e. The largest absolute Gasteiger partial charge is 0.478 e. The van der Waals surface area contributed by atoms with Crippen molar-refractivity contribution in [2.45, 2.75) is 6.92 Å². The van der Waals surface area contributed by atoms with Crippen LogP contribution in [0, 0.1) is 6.92 Å². The second-order valence-electron chi connectivity index (χ2n) is 4.87. The van der Waals surface area contributed by atoms with Crippen LogP contribution in [0.25, 0.3) is 10.8 Å². The van der Waals surface area contributed by atoms with Gasteiger partial charge in [0.2, 0.25) is 0 Å². The predicted molar refractivity (Wildman–Crippen MR) is 82.2 cm³/mol. The Labute approximate surface area is 122 Å². The molecule has 0 aliphatic rings. The fourth-order valence-electron chi connectivity index (χ4n) is 2.31. The Balaban J connectivity index is 2.04. The number of rotatable bonds is 3. The molecule has 104 valence electrons. The first-order valence-electron chi connectivity index (χ1n) is 6.65. The van der Waals surface area contributed by atoms with Crippen molar-refractivity contribution in [3.8, 4) is 11.5 Å². The minimum absolute atomic E-state index is 0.170. The Morgan fingerprint density at radius 1 is 0.952 bits per heavy atom. The molecule has 1 N–H and O–H groups in total. The Morgan fingerprint density at radius 2 is 1.71 bits per heavy atom. The predicted octanol–water partition coefficient (Wildman–Crippen LogP) is 4.64. The highest BCUT2D eigenvalue weighted by Crippen LogP contribution is 2.30. The molecule has 0 saturated heterocycles. The van der Waals surface area contributed by atoms with Gasteiger partial charge in [-0.1, -0.05) is 42.5 Å². The van der Waals surface area contributed by atoms with Crippen molar-refractivity contribution in [3.63, 3.8) is 0 Å². The van der Waals surface area contributed by atoms with E-state index < -0.39 is 5.97 Å². The molecule has 0 fully saturated rings. The highest BCUT2D eigenvalue weighted by molar-refractivity contribution is 5.91. The standard InChI is InChI=1S/C18H14O3/c1-12-5-4-8-16(18(19)20)17(12)21-15-10-9-13-6-2-3-7-14(13)11-15/h2-11H,1H3,(H,19,20). The molecule has 0 bridgehead atoms. The zero-order valence-electron chi connectivity index (χ0n) is 11.5. The molecule has 3 heteroatoms. The molecule has 0 aliphatic heterocycles. The van der Waals surface area contributed by atoms with Crippen molar-refractivity contribution in [2.75, 3.05) is 0 Å². The van der Waals surface area contributed by atoms with Crippen LogP contribution in [0.4, 0.5) is 0 Å². The molecule has 0 amide bonds. The van der Waals surface area contributed by atoms with Crippen LogP contribution in [0.5, 0.6) is 11.5 Å². The number of hydrogen-bond acceptors (Lipinski definition) is 2. The van der Waals surface area contributed by atoms with Crippen molar-refractivity contribution >= 4 is 16.7 Å². The lowest BCUT2D eigenvalue weighted by Gasteiger charge is -2.12. The first kappa shape index (κ1) is 13.2. The zero-order valence-corrected chi connectivity index (χ0v) is 11.5. The van der Waals surface area contributed by atoms with Crippen molar-refractivity contribution in [1.82, 2.24) is 0 Å². The fourth-order valence-corrected chi connectivity index (χ4v) is 2.31. The van der Waals surface area contributed by atoms with Crippen molar-refractivity contribution in [2.24, 2.45) is 0 Å². The molecule has 0 unspecified atom stereocenters. The van der Waals surface area contributed by atoms with E-state index in [1.54, 1.807) is 12.1 Å². The maximum absolute atomic E-state index is 11.3. The van der Waals surface area contributed by atoms with Gasteiger partial charge in [0.25, 0.3) is 0 Å². The summed E-state index contributed by atoms with van der Waals surface area (Å²) in [5.41, 5.74) is 0.964. The smallest absolute Gasteiger partial charge is 0.339 e. The normalized spacial score (nSPS) is 10.5. The van der Waals surface area contributed by atoms with Gasteiger partial charge in [0.15, 0.2) is 0 Å². The summed E-state index contributed by atoms with van der Waals surface area (Å²) >= 11 is 0. The maximum Gasteiger partial charge on any atom is 0.339 e. The van der Waals surface area contributed by atoms with Crippen LogP contribution in [0.1, 0.15) is 15.9 Å². The highest BCUT2D eigenvalue weighted by atomic mass is 16.5. The molecule has 3 rings (SSSR count). The molecule has 0 heterocycles. The van der Waals surface area contributed by atoms with Crippen molar-refractivity contribution in [3.05, 3.63) is 71.8 Å². The number of hydrogen-bond donors (Lipinski definition) is 1. The third kappa shape index (κ3) is 2.58. The van der Waals surface area contributed by atoms with Crippen LogP contribution in [-0.4, -0.2) is 11.1 Å². The number of fused-ring (bicyclic) bond motifs is 1. The van der Waals surface area contributed by atoms with Crippen molar-refractivity contribution < 1.29 is 14.6 Å². The molecule has 0 aliphatic carbocycles. The van der Waals surface area contributed by atoms with Crippen LogP contribution < -0.4 is 4.74 Å². The Morgan fingerprint density at radius 3 is 2.48 bits per heavy atom. The topological polar surface area (TPSA) is 46.5 Å². The summed E-state index contributed by atoms with van der Waals surface area (Å²) < 4.78 is 5.83. The first-order chi connectivity index (χ1) is 10.1. The summed E-state index contributed by atoms with van der Waals surface area (Å²) in [6.45, 7) is 1.84. The molecule has 0 saturated carbocycles. The van der Waals surface area contributed by atoms with E-state index in [0.717, 1.165) is 16.3 Å². The van der Waals surface area contributed by atoms with Gasteiger partial charge in [-0.25, -0.2) is 4.79 Å². The van der Waals surface area contributed by atoms with Crippen LogP contribution >= 0.6 is 0 Å². The van der Waals surface area contributed by atoms with Crippen LogP contribution in [0.15, 0.2) is 60.7 Å². The number of carboxylic acids is 1. The second-order valence-corrected chi connectivity index (χ2v) is 4.87. The summed E-state index contributed by atoms with van der Waals surface area (Å²) in [7, 11) is 0. The van der Waals surface area contributed by atoms with Crippen LogP contribution in [-0.2, 0) is 0 Å². The lowest BCUT2D eigenvalue weighted by atomic mass is 10.1. The SMILES string of the molecule is Cc1cccc(C(=O)O)c1Oc1ccc2ccccc2c1. The molecule has 3 nitrogen and oxygen atoms in total. The van der Waals surface area contributed by atoms with Gasteiger partial charge in [0, 0.05) is 0 Å². The van der Waals surface area contributed by atoms with E-state index in [1.807, 2.05) is 55.5 Å². The van der Waals surface area contributed by atoms with E-state index in [1.165, 1.54) is 0 Å². The zero-order chi connectivity index (χ0) is 14.8. The molecule has 21 heavy (non-hydrogen) atoms. The molecule has 0 atom stereocenters. The summed E-state index contributed by atoms with van der Waals surface area (Å²) in [6, 6.07) is 18.8. The Kier molecular flexibility index (Phi) is 3.32. The van der Waals surface area contributed by atoms with Crippen LogP contribution in [0.3, 0.4) is 0 Å².